The summed E-state index contributed by atoms with van der Waals surface area (Å²) in [6, 6.07) is 15.2. The van der Waals surface area contributed by atoms with Gasteiger partial charge in [0.15, 0.2) is 5.25 Å². The molecular formula is C58H98O9S. The van der Waals surface area contributed by atoms with E-state index in [-0.39, 0.29) is 12.8 Å². The van der Waals surface area contributed by atoms with E-state index in [0.29, 0.717) is 11.5 Å². The molecule has 390 valence electrons. The van der Waals surface area contributed by atoms with Crippen LogP contribution in [-0.2, 0) is 42.0 Å². The molecule has 3 atom stereocenters. The van der Waals surface area contributed by atoms with E-state index < -0.39 is 46.3 Å². The molecule has 0 saturated heterocycles. The maximum atomic E-state index is 13.3. The number of benzene rings is 2. The molecule has 0 aliphatic carbocycles. The van der Waals surface area contributed by atoms with E-state index in [0.717, 1.165) is 49.7 Å². The number of aryl methyl sites for hydroxylation is 2. The number of hydrogen-bond acceptors (Lipinski definition) is 8. The average Bonchev–Trinajstić information content (AvgIpc) is 3.33. The van der Waals surface area contributed by atoms with Crippen molar-refractivity contribution in [3.63, 3.8) is 0 Å². The molecule has 0 heterocycles. The third-order valence-corrected chi connectivity index (χ3v) is 14.3. The molecular weight excluding hydrogens is 873 g/mol. The second-order valence-electron chi connectivity index (χ2n) is 19.4. The number of carbonyl (C=O) groups excluding carboxylic acids is 2. The molecule has 9 nitrogen and oxygen atoms in total. The number of carbonyl (C=O) groups is 2. The lowest BCUT2D eigenvalue weighted by Crippen LogP contribution is -2.38. The van der Waals surface area contributed by atoms with Crippen molar-refractivity contribution >= 4 is 22.1 Å². The van der Waals surface area contributed by atoms with E-state index in [1.807, 2.05) is 42.5 Å². The number of unbranched alkanes of at least 4 members (excludes halogenated alkanes) is 30. The van der Waals surface area contributed by atoms with Crippen molar-refractivity contribution in [1.29, 1.82) is 0 Å². The van der Waals surface area contributed by atoms with Gasteiger partial charge in [-0.25, -0.2) is 0 Å². The molecule has 0 aliphatic heterocycles. The van der Waals surface area contributed by atoms with E-state index >= 15 is 0 Å². The van der Waals surface area contributed by atoms with Crippen LogP contribution in [0, 0.1) is 0 Å². The number of esters is 2. The maximum absolute atomic E-state index is 13.3. The third kappa shape index (κ3) is 30.5. The van der Waals surface area contributed by atoms with Crippen LogP contribution in [0.4, 0.5) is 0 Å². The van der Waals surface area contributed by atoms with Gasteiger partial charge in [-0.15, -0.1) is 0 Å². The van der Waals surface area contributed by atoms with E-state index in [2.05, 4.69) is 13.8 Å². The monoisotopic (exact) mass is 971 g/mol. The topological polar surface area (TPSA) is 125 Å². The summed E-state index contributed by atoms with van der Waals surface area (Å²) in [6.45, 7) is 8.07. The predicted octanol–water partition coefficient (Wildman–Crippen LogP) is 17.0. The van der Waals surface area contributed by atoms with Gasteiger partial charge in [0.1, 0.15) is 11.5 Å². The Hall–Kier alpha value is -3.11. The van der Waals surface area contributed by atoms with Gasteiger partial charge in [0.05, 0.1) is 6.42 Å². The lowest BCUT2D eigenvalue weighted by Gasteiger charge is -2.23. The summed E-state index contributed by atoms with van der Waals surface area (Å²) in [5.74, 6) is -1.15. The van der Waals surface area contributed by atoms with E-state index in [4.69, 9.17) is 18.9 Å². The molecule has 1 N–H and O–H groups in total. The molecule has 10 heteroatoms. The van der Waals surface area contributed by atoms with Crippen molar-refractivity contribution in [3.05, 3.63) is 59.7 Å². The molecule has 3 unspecified atom stereocenters. The highest BCUT2D eigenvalue weighted by Crippen LogP contribution is 2.26. The fraction of sp³-hybridized carbons (Fsp3) is 0.759. The van der Waals surface area contributed by atoms with Crippen LogP contribution in [0.5, 0.6) is 11.5 Å². The first kappa shape index (κ1) is 61.0. The summed E-state index contributed by atoms with van der Waals surface area (Å²) in [5, 5.41) is -2.19. The molecule has 0 fully saturated rings. The molecule has 0 amide bonds. The third-order valence-electron chi connectivity index (χ3n) is 13.2. The first-order valence-electron chi connectivity index (χ1n) is 28.0. The van der Waals surface area contributed by atoms with Crippen LogP contribution in [0.25, 0.3) is 0 Å². The SMILES string of the molecule is CCCCCCCCCCCCCCCCCCc1ccccc1OC(CC)OC(=O)CC(C(=O)OC(CC)Oc1ccccc1CCCCCCCCCCCCCCCCCC)S(=O)(=O)O. The Morgan fingerprint density at radius 1 is 0.441 bits per heavy atom. The predicted molar refractivity (Wildman–Crippen MR) is 281 cm³/mol. The Bertz CT molecular complexity index is 1650. The molecule has 0 radical (unpaired) electrons. The molecule has 2 aromatic carbocycles. The highest BCUT2D eigenvalue weighted by Gasteiger charge is 2.38. The molecule has 0 saturated carbocycles. The molecule has 2 rings (SSSR count). The lowest BCUT2D eigenvalue weighted by atomic mass is 10.0. The van der Waals surface area contributed by atoms with E-state index in [1.165, 1.54) is 180 Å². The van der Waals surface area contributed by atoms with E-state index in [1.54, 1.807) is 19.9 Å². The van der Waals surface area contributed by atoms with Crippen LogP contribution in [0.15, 0.2) is 48.5 Å². The quantitative estimate of drug-likeness (QED) is 0.0299. The second kappa shape index (κ2) is 40.6. The lowest BCUT2D eigenvalue weighted by molar-refractivity contribution is -0.171. The standard InChI is InChI=1S/C58H98O9S/c1-5-9-11-13-15-17-19-21-23-25-27-29-31-33-35-37-43-50-45-39-41-47-52(50)64-56(7-3)66-55(59)49-54(68(61,62)63)58(60)67-57(8-4)65-53-48-42-40-46-51(53)44-38-36-34-32-30-28-26-24-22-20-18-16-14-12-10-6-2/h39-42,45-48,54,56-57H,5-38,43-44,49H2,1-4H3,(H,61,62,63). The fourth-order valence-corrected chi connectivity index (χ4v) is 9.55. The van der Waals surface area contributed by atoms with Crippen molar-refractivity contribution in [2.75, 3.05) is 0 Å². The van der Waals surface area contributed by atoms with Crippen molar-refractivity contribution in [3.8, 4) is 11.5 Å². The van der Waals surface area contributed by atoms with Gasteiger partial charge >= 0.3 is 11.9 Å². The largest absolute Gasteiger partial charge is 0.455 e. The zero-order chi connectivity index (χ0) is 49.3. The van der Waals surface area contributed by atoms with Crippen LogP contribution in [0.3, 0.4) is 0 Å². The molecule has 0 aromatic heterocycles. The van der Waals surface area contributed by atoms with Gasteiger partial charge < -0.3 is 18.9 Å². The molecule has 0 spiro atoms. The summed E-state index contributed by atoms with van der Waals surface area (Å²) >= 11 is 0. The number of rotatable bonds is 46. The van der Waals surface area contributed by atoms with Gasteiger partial charge in [-0.1, -0.05) is 257 Å². The van der Waals surface area contributed by atoms with Crippen LogP contribution < -0.4 is 9.47 Å². The summed E-state index contributed by atoms with van der Waals surface area (Å²) < 4.78 is 58.3. The maximum Gasteiger partial charge on any atom is 0.330 e. The summed E-state index contributed by atoms with van der Waals surface area (Å²) in [6.07, 6.45) is 40.8. The molecule has 0 aliphatic rings. The van der Waals surface area contributed by atoms with Crippen molar-refractivity contribution < 1.29 is 41.5 Å². The van der Waals surface area contributed by atoms with Gasteiger partial charge in [0.25, 0.3) is 10.1 Å². The fourth-order valence-electron chi connectivity index (χ4n) is 8.90. The Morgan fingerprint density at radius 3 is 1.04 bits per heavy atom. The summed E-state index contributed by atoms with van der Waals surface area (Å²) in [4.78, 5) is 26.5. The number of hydrogen-bond donors (Lipinski definition) is 1. The van der Waals surface area contributed by atoms with Crippen LogP contribution in [-0.4, -0.2) is 42.7 Å². The first-order valence-corrected chi connectivity index (χ1v) is 29.5. The minimum atomic E-state index is -5.04. The minimum Gasteiger partial charge on any atom is -0.455 e. The molecule has 2 aromatic rings. The van der Waals surface area contributed by atoms with E-state index in [9.17, 15) is 22.6 Å². The summed E-state index contributed by atoms with van der Waals surface area (Å²) in [7, 11) is -5.04. The Labute approximate surface area is 416 Å². The zero-order valence-corrected chi connectivity index (χ0v) is 44.5. The van der Waals surface area contributed by atoms with Crippen molar-refractivity contribution in [2.45, 2.75) is 283 Å². The molecule has 0 bridgehead atoms. The highest BCUT2D eigenvalue weighted by molar-refractivity contribution is 7.87. The van der Waals surface area contributed by atoms with Crippen LogP contribution >= 0.6 is 0 Å². The van der Waals surface area contributed by atoms with Gasteiger partial charge in [-0.2, -0.15) is 8.42 Å². The van der Waals surface area contributed by atoms with Crippen LogP contribution in [0.1, 0.15) is 264 Å². The Kier molecular flexibility index (Phi) is 36.4. The van der Waals surface area contributed by atoms with Gasteiger partial charge in [-0.3, -0.25) is 14.1 Å². The van der Waals surface area contributed by atoms with Crippen LogP contribution in [0.2, 0.25) is 0 Å². The van der Waals surface area contributed by atoms with Gasteiger partial charge in [0, 0.05) is 12.8 Å². The minimum absolute atomic E-state index is 0.215. The smallest absolute Gasteiger partial charge is 0.330 e. The average molecular weight is 971 g/mol. The highest BCUT2D eigenvalue weighted by atomic mass is 32.2. The number of ether oxygens (including phenoxy) is 4. The number of para-hydroxylation sites is 2. The van der Waals surface area contributed by atoms with Gasteiger partial charge in [-0.05, 0) is 48.9 Å². The first-order chi connectivity index (χ1) is 33.1. The van der Waals surface area contributed by atoms with Crippen molar-refractivity contribution in [1.82, 2.24) is 0 Å². The van der Waals surface area contributed by atoms with Crippen molar-refractivity contribution in [2.24, 2.45) is 0 Å². The molecule has 68 heavy (non-hydrogen) atoms. The van der Waals surface area contributed by atoms with Gasteiger partial charge in [0.2, 0.25) is 12.6 Å². The second-order valence-corrected chi connectivity index (χ2v) is 21.0. The normalized spacial score (nSPS) is 13.0. The summed E-state index contributed by atoms with van der Waals surface area (Å²) in [5.41, 5.74) is 1.98. The Balaban J connectivity index is 1.73. The Morgan fingerprint density at radius 2 is 0.735 bits per heavy atom. The zero-order valence-electron chi connectivity index (χ0n) is 43.6.